The van der Waals surface area contributed by atoms with Gasteiger partial charge in [0.05, 0.1) is 6.04 Å². The number of nitrogens with one attached hydrogen (secondary N) is 3. The summed E-state index contributed by atoms with van der Waals surface area (Å²) < 4.78 is 11.8. The van der Waals surface area contributed by atoms with E-state index < -0.39 is 36.3 Å². The fourth-order valence-corrected chi connectivity index (χ4v) is 5.45. The first-order valence-electron chi connectivity index (χ1n) is 12.8. The number of hydrogen-bond acceptors (Lipinski definition) is 9. The van der Waals surface area contributed by atoms with Crippen LogP contribution in [-0.4, -0.2) is 71.4 Å². The topological polar surface area (TPSA) is 143 Å². The molecule has 3 amide bonds. The summed E-state index contributed by atoms with van der Waals surface area (Å²) in [5.74, 6) is -0.438. The molecule has 1 aromatic rings. The minimum absolute atomic E-state index is 0.0214. The quantitative estimate of drug-likeness (QED) is 0.542. The van der Waals surface area contributed by atoms with Gasteiger partial charge in [0.1, 0.15) is 35.5 Å². The zero-order valence-corrected chi connectivity index (χ0v) is 23.1. The van der Waals surface area contributed by atoms with Crippen molar-refractivity contribution in [3.05, 3.63) is 16.1 Å². The highest BCUT2D eigenvalue weighted by Crippen LogP contribution is 2.27. The molecule has 3 aliphatic heterocycles. The van der Waals surface area contributed by atoms with E-state index in [2.05, 4.69) is 30.9 Å². The van der Waals surface area contributed by atoms with Gasteiger partial charge in [0.25, 0.3) is 5.91 Å². The maximum absolute atomic E-state index is 13.3. The van der Waals surface area contributed by atoms with Crippen LogP contribution in [0.4, 0.5) is 0 Å². The summed E-state index contributed by atoms with van der Waals surface area (Å²) >= 11 is 1.32. The Hall–Kier alpha value is -3.02. The standard InChI is InChI=1S/C25H36N6O5S/c1-10(2)16-23-26-14(8-35-23)20(32)30-18(12(5)6)25-27-15(9-37-25)21(33)28-17(11(3)4)24-31-19(13(7)36-24)22(34)29-16/h9-14,16-19H,8H2,1-7H3,(H,28,33)(H,29,34)(H,30,32)/t13?,14-,16-,17-,18-,19-/m0/s1. The molecular formula is C25H36N6O5S. The van der Waals surface area contributed by atoms with E-state index in [1.54, 1.807) is 12.3 Å². The number of rotatable bonds is 3. The molecule has 6 atom stereocenters. The van der Waals surface area contributed by atoms with Crippen molar-refractivity contribution in [3.63, 3.8) is 0 Å². The highest BCUT2D eigenvalue weighted by atomic mass is 32.1. The van der Waals surface area contributed by atoms with Crippen molar-refractivity contribution < 1.29 is 23.9 Å². The third-order valence-corrected chi connectivity index (χ3v) is 7.62. The third-order valence-electron chi connectivity index (χ3n) is 6.70. The number of carbonyl (C=O) groups excluding carboxylic acids is 3. The first kappa shape index (κ1) is 27.0. The van der Waals surface area contributed by atoms with Crippen LogP contribution in [0.5, 0.6) is 0 Å². The van der Waals surface area contributed by atoms with E-state index in [9.17, 15) is 14.4 Å². The molecule has 0 saturated carbocycles. The van der Waals surface area contributed by atoms with Gasteiger partial charge in [-0.15, -0.1) is 11.3 Å². The second kappa shape index (κ2) is 10.8. The van der Waals surface area contributed by atoms with Gasteiger partial charge >= 0.3 is 0 Å². The Balaban J connectivity index is 1.74. The second-order valence-corrected chi connectivity index (χ2v) is 11.6. The Morgan fingerprint density at radius 3 is 2.14 bits per heavy atom. The van der Waals surface area contributed by atoms with Crippen molar-refractivity contribution in [2.45, 2.75) is 84.8 Å². The van der Waals surface area contributed by atoms with Crippen LogP contribution in [-0.2, 0) is 19.1 Å². The summed E-state index contributed by atoms with van der Waals surface area (Å²) in [7, 11) is 0. The Kier molecular flexibility index (Phi) is 7.86. The molecule has 6 bridgehead atoms. The summed E-state index contributed by atoms with van der Waals surface area (Å²) in [6, 6.07) is -3.02. The lowest BCUT2D eigenvalue weighted by Crippen LogP contribution is -2.49. The lowest BCUT2D eigenvalue weighted by Gasteiger charge is -2.23. The average Bonchev–Trinajstić information content (AvgIpc) is 3.57. The van der Waals surface area contributed by atoms with Crippen LogP contribution in [0.3, 0.4) is 0 Å². The molecule has 0 radical (unpaired) electrons. The molecule has 0 fully saturated rings. The fourth-order valence-electron chi connectivity index (χ4n) is 4.43. The Morgan fingerprint density at radius 2 is 1.49 bits per heavy atom. The highest BCUT2D eigenvalue weighted by Gasteiger charge is 2.41. The van der Waals surface area contributed by atoms with E-state index in [1.165, 1.54) is 11.3 Å². The number of thiazole rings is 1. The second-order valence-electron chi connectivity index (χ2n) is 10.8. The van der Waals surface area contributed by atoms with E-state index in [4.69, 9.17) is 9.47 Å². The van der Waals surface area contributed by atoms with Crippen LogP contribution in [0.25, 0.3) is 0 Å². The van der Waals surface area contributed by atoms with Gasteiger partial charge in [-0.1, -0.05) is 41.5 Å². The normalized spacial score (nSPS) is 30.6. The highest BCUT2D eigenvalue weighted by molar-refractivity contribution is 7.09. The zero-order chi connectivity index (χ0) is 27.0. The van der Waals surface area contributed by atoms with Crippen LogP contribution >= 0.6 is 11.3 Å². The van der Waals surface area contributed by atoms with E-state index >= 15 is 0 Å². The van der Waals surface area contributed by atoms with Gasteiger partial charge in [0.15, 0.2) is 12.1 Å². The van der Waals surface area contributed by atoms with Crippen LogP contribution < -0.4 is 16.0 Å². The van der Waals surface area contributed by atoms with Crippen molar-refractivity contribution in [2.24, 2.45) is 27.7 Å². The number of fused-ring (bicyclic) bond motifs is 4. The maximum Gasteiger partial charge on any atom is 0.271 e. The number of nitrogens with zero attached hydrogens (tertiary/aromatic N) is 3. The molecule has 0 aromatic carbocycles. The molecular weight excluding hydrogens is 496 g/mol. The fraction of sp³-hybridized carbons (Fsp3) is 0.680. The number of hydrogen-bond donors (Lipinski definition) is 3. The number of carbonyl (C=O) groups is 3. The Bertz CT molecular complexity index is 1110. The zero-order valence-electron chi connectivity index (χ0n) is 22.3. The molecule has 4 rings (SSSR count). The molecule has 0 spiro atoms. The van der Waals surface area contributed by atoms with E-state index in [0.29, 0.717) is 16.8 Å². The Labute approximate surface area is 220 Å². The number of aromatic nitrogens is 1. The van der Waals surface area contributed by atoms with E-state index in [0.717, 1.165) is 0 Å². The van der Waals surface area contributed by atoms with Crippen LogP contribution in [0.1, 0.15) is 70.0 Å². The average molecular weight is 533 g/mol. The van der Waals surface area contributed by atoms with Gasteiger partial charge in [-0.2, -0.15) is 0 Å². The molecule has 202 valence electrons. The largest absolute Gasteiger partial charge is 0.477 e. The van der Waals surface area contributed by atoms with Gasteiger partial charge in [0.2, 0.25) is 23.6 Å². The van der Waals surface area contributed by atoms with Gasteiger partial charge in [-0.05, 0) is 24.7 Å². The van der Waals surface area contributed by atoms with Crippen molar-refractivity contribution in [2.75, 3.05) is 6.61 Å². The molecule has 11 nitrogen and oxygen atoms in total. The number of ether oxygens (including phenoxy) is 2. The first-order chi connectivity index (χ1) is 17.5. The van der Waals surface area contributed by atoms with Crippen molar-refractivity contribution >= 4 is 40.9 Å². The molecule has 1 aromatic heterocycles. The van der Waals surface area contributed by atoms with Gasteiger partial charge in [-0.3, -0.25) is 14.4 Å². The summed E-state index contributed by atoms with van der Waals surface area (Å²) in [5.41, 5.74) is 0.247. The van der Waals surface area contributed by atoms with Gasteiger partial charge < -0.3 is 25.4 Å². The third kappa shape index (κ3) is 5.63. The smallest absolute Gasteiger partial charge is 0.271 e. The maximum atomic E-state index is 13.3. The first-order valence-corrected chi connectivity index (χ1v) is 13.7. The molecule has 12 heteroatoms. The molecule has 0 saturated heterocycles. The predicted octanol–water partition coefficient (Wildman–Crippen LogP) is 1.85. The van der Waals surface area contributed by atoms with E-state index in [1.807, 2.05) is 41.5 Å². The summed E-state index contributed by atoms with van der Waals surface area (Å²) in [6.45, 7) is 13.6. The monoisotopic (exact) mass is 532 g/mol. The lowest BCUT2D eigenvalue weighted by molar-refractivity contribution is -0.124. The van der Waals surface area contributed by atoms with Crippen molar-refractivity contribution in [3.8, 4) is 0 Å². The summed E-state index contributed by atoms with van der Waals surface area (Å²) in [5, 5.41) is 11.3. The summed E-state index contributed by atoms with van der Waals surface area (Å²) in [4.78, 5) is 53.2. The van der Waals surface area contributed by atoms with Crippen molar-refractivity contribution in [1.82, 2.24) is 20.9 Å². The molecule has 3 aliphatic rings. The van der Waals surface area contributed by atoms with Crippen LogP contribution in [0, 0.1) is 17.8 Å². The molecule has 0 aliphatic carbocycles. The minimum Gasteiger partial charge on any atom is -0.477 e. The van der Waals surface area contributed by atoms with E-state index in [-0.39, 0.29) is 47.8 Å². The lowest BCUT2D eigenvalue weighted by atomic mass is 10.0. The van der Waals surface area contributed by atoms with Gasteiger partial charge in [-0.25, -0.2) is 15.0 Å². The molecule has 37 heavy (non-hydrogen) atoms. The molecule has 4 heterocycles. The molecule has 3 N–H and O–H groups in total. The SMILES string of the molecule is CC1OC2=N[C@@H]1C(=O)N[C@@H](C(C)C)C1=N[C@@H](CO1)C(=O)N[C@@H](C(C)C)c1nc(cs1)C(=O)N[C@H]2C(C)C. The minimum atomic E-state index is -0.799. The van der Waals surface area contributed by atoms with Crippen LogP contribution in [0.2, 0.25) is 0 Å². The van der Waals surface area contributed by atoms with Crippen LogP contribution in [0.15, 0.2) is 15.4 Å². The van der Waals surface area contributed by atoms with Gasteiger partial charge in [0, 0.05) is 5.38 Å². The summed E-state index contributed by atoms with van der Waals surface area (Å²) in [6.07, 6.45) is -0.523. The molecule has 1 unspecified atom stereocenters. The van der Waals surface area contributed by atoms with Crippen molar-refractivity contribution in [1.29, 1.82) is 0 Å². The number of amides is 3. The Morgan fingerprint density at radius 1 is 0.865 bits per heavy atom. The number of aliphatic imine (C=N–C) groups is 2. The predicted molar refractivity (Wildman–Crippen MR) is 140 cm³/mol.